The number of hydrogen-bond acceptors (Lipinski definition) is 6. The third-order valence-electron chi connectivity index (χ3n) is 4.13. The Labute approximate surface area is 179 Å². The monoisotopic (exact) mass is 416 g/mol. The third-order valence-corrected chi connectivity index (χ3v) is 4.13. The molecule has 3 aromatic carbocycles. The average Bonchev–Trinajstić information content (AvgIpc) is 2.79. The first-order valence-corrected chi connectivity index (χ1v) is 9.50. The number of nitrogens with zero attached hydrogens (tertiary/aromatic N) is 1. The van der Waals surface area contributed by atoms with Gasteiger partial charge in [0, 0.05) is 5.69 Å². The van der Waals surface area contributed by atoms with Crippen LogP contribution in [-0.2, 0) is 14.3 Å². The molecule has 3 aromatic rings. The highest BCUT2D eigenvalue weighted by molar-refractivity contribution is 5.95. The minimum Gasteiger partial charge on any atom is -0.481 e. The zero-order chi connectivity index (χ0) is 22.1. The van der Waals surface area contributed by atoms with Crippen molar-refractivity contribution in [3.63, 3.8) is 0 Å². The number of carbonyl (C=O) groups excluding carboxylic acids is 2. The van der Waals surface area contributed by atoms with Crippen molar-refractivity contribution in [2.24, 2.45) is 0 Å². The number of amides is 1. The second kappa shape index (κ2) is 10.5. The van der Waals surface area contributed by atoms with Crippen LogP contribution in [0.4, 0.5) is 5.69 Å². The molecule has 0 fully saturated rings. The van der Waals surface area contributed by atoms with Crippen molar-refractivity contribution in [3.05, 3.63) is 84.4 Å². The van der Waals surface area contributed by atoms with Crippen molar-refractivity contribution >= 4 is 17.6 Å². The number of para-hydroxylation sites is 2. The van der Waals surface area contributed by atoms with Gasteiger partial charge in [-0.1, -0.05) is 30.3 Å². The lowest BCUT2D eigenvalue weighted by Gasteiger charge is -2.14. The topological polar surface area (TPSA) is 97.7 Å². The maximum Gasteiger partial charge on any atom is 0.344 e. The predicted molar refractivity (Wildman–Crippen MR) is 114 cm³/mol. The van der Waals surface area contributed by atoms with Crippen LogP contribution in [0.25, 0.3) is 0 Å². The van der Waals surface area contributed by atoms with E-state index in [-0.39, 0.29) is 5.75 Å². The number of carbonyl (C=O) groups is 2. The molecule has 156 valence electrons. The molecule has 0 aliphatic carbocycles. The van der Waals surface area contributed by atoms with Crippen LogP contribution in [0, 0.1) is 11.3 Å². The minimum atomic E-state index is -1.03. The van der Waals surface area contributed by atoms with E-state index in [0.29, 0.717) is 22.7 Å². The fourth-order valence-corrected chi connectivity index (χ4v) is 2.58. The van der Waals surface area contributed by atoms with E-state index in [9.17, 15) is 9.59 Å². The van der Waals surface area contributed by atoms with Crippen molar-refractivity contribution in [2.75, 3.05) is 11.9 Å². The smallest absolute Gasteiger partial charge is 0.344 e. The zero-order valence-corrected chi connectivity index (χ0v) is 16.8. The Bertz CT molecular complexity index is 1080. The highest BCUT2D eigenvalue weighted by Gasteiger charge is 2.18. The quantitative estimate of drug-likeness (QED) is 0.550. The molecule has 0 heterocycles. The maximum absolute atomic E-state index is 12.3. The molecule has 0 saturated heterocycles. The first-order valence-electron chi connectivity index (χ1n) is 9.50. The first-order chi connectivity index (χ1) is 15.0. The van der Waals surface area contributed by atoms with Gasteiger partial charge in [-0.25, -0.2) is 4.79 Å². The van der Waals surface area contributed by atoms with Crippen molar-refractivity contribution < 1.29 is 23.8 Å². The van der Waals surface area contributed by atoms with Crippen molar-refractivity contribution in [2.45, 2.75) is 13.0 Å². The van der Waals surface area contributed by atoms with Crippen molar-refractivity contribution in [1.82, 2.24) is 0 Å². The maximum atomic E-state index is 12.3. The Balaban J connectivity index is 1.47. The Kier molecular flexibility index (Phi) is 7.22. The van der Waals surface area contributed by atoms with Crippen LogP contribution in [0.2, 0.25) is 0 Å². The van der Waals surface area contributed by atoms with Crippen LogP contribution in [0.3, 0.4) is 0 Å². The fourth-order valence-electron chi connectivity index (χ4n) is 2.58. The molecule has 0 aliphatic heterocycles. The largest absolute Gasteiger partial charge is 0.481 e. The summed E-state index contributed by atoms with van der Waals surface area (Å²) < 4.78 is 16.1. The molecule has 1 atom stereocenters. The number of anilines is 1. The van der Waals surface area contributed by atoms with Crippen LogP contribution >= 0.6 is 0 Å². The molecule has 7 nitrogen and oxygen atoms in total. The molecule has 0 aromatic heterocycles. The van der Waals surface area contributed by atoms with Gasteiger partial charge < -0.3 is 19.5 Å². The van der Waals surface area contributed by atoms with E-state index >= 15 is 0 Å². The summed E-state index contributed by atoms with van der Waals surface area (Å²) in [6.07, 6.45) is -1.03. The summed E-state index contributed by atoms with van der Waals surface area (Å²) in [4.78, 5) is 24.3. The SMILES string of the molecule is C[C@H](OC(=O)COc1ccccc1C#N)C(=O)Nc1ccc(Oc2ccccc2)cc1. The van der Waals surface area contributed by atoms with Gasteiger partial charge >= 0.3 is 5.97 Å². The summed E-state index contributed by atoms with van der Waals surface area (Å²) >= 11 is 0. The standard InChI is InChI=1S/C24H20N2O5/c1-17(30-23(27)16-29-22-10-6-5-7-18(22)15-25)24(28)26-19-11-13-21(14-12-19)31-20-8-3-2-4-9-20/h2-14,17H,16H2,1H3,(H,26,28)/t17-/m0/s1. The molecule has 31 heavy (non-hydrogen) atoms. The molecular formula is C24H20N2O5. The summed E-state index contributed by atoms with van der Waals surface area (Å²) in [5.41, 5.74) is 0.841. The molecule has 7 heteroatoms. The van der Waals surface area contributed by atoms with Crippen LogP contribution in [0.5, 0.6) is 17.2 Å². The minimum absolute atomic E-state index is 0.275. The van der Waals surface area contributed by atoms with E-state index in [0.717, 1.165) is 0 Å². The van der Waals surface area contributed by atoms with E-state index in [2.05, 4.69) is 5.32 Å². The Hall–Kier alpha value is -4.31. The lowest BCUT2D eigenvalue weighted by atomic mass is 10.2. The first kappa shape index (κ1) is 21.4. The summed E-state index contributed by atoms with van der Waals surface area (Å²) in [6.45, 7) is 1.05. The average molecular weight is 416 g/mol. The van der Waals surface area contributed by atoms with E-state index in [4.69, 9.17) is 19.5 Å². The van der Waals surface area contributed by atoms with E-state index in [1.54, 1.807) is 48.5 Å². The molecule has 0 bridgehead atoms. The van der Waals surface area contributed by atoms with Gasteiger partial charge in [0.2, 0.25) is 0 Å². The Morgan fingerprint density at radius 3 is 2.29 bits per heavy atom. The lowest BCUT2D eigenvalue weighted by Crippen LogP contribution is -2.31. The van der Waals surface area contributed by atoms with Gasteiger partial charge in [0.25, 0.3) is 5.91 Å². The van der Waals surface area contributed by atoms with Gasteiger partial charge in [-0.2, -0.15) is 5.26 Å². The van der Waals surface area contributed by atoms with E-state index in [1.807, 2.05) is 36.4 Å². The Morgan fingerprint density at radius 1 is 0.935 bits per heavy atom. The highest BCUT2D eigenvalue weighted by atomic mass is 16.6. The molecule has 0 saturated carbocycles. The number of nitriles is 1. The fraction of sp³-hybridized carbons (Fsp3) is 0.125. The molecular weight excluding hydrogens is 396 g/mol. The van der Waals surface area contributed by atoms with Crippen LogP contribution in [0.15, 0.2) is 78.9 Å². The summed E-state index contributed by atoms with van der Waals surface area (Å²) in [6, 6.07) is 24.7. The zero-order valence-electron chi connectivity index (χ0n) is 16.8. The highest BCUT2D eigenvalue weighted by Crippen LogP contribution is 2.22. The number of benzene rings is 3. The third kappa shape index (κ3) is 6.34. The Morgan fingerprint density at radius 2 is 1.58 bits per heavy atom. The normalized spacial score (nSPS) is 11.0. The summed E-state index contributed by atoms with van der Waals surface area (Å²) in [7, 11) is 0. The molecule has 0 radical (unpaired) electrons. The van der Waals surface area contributed by atoms with Crippen LogP contribution < -0.4 is 14.8 Å². The number of rotatable bonds is 8. The van der Waals surface area contributed by atoms with Gasteiger partial charge in [-0.15, -0.1) is 0 Å². The number of hydrogen-bond donors (Lipinski definition) is 1. The van der Waals surface area contributed by atoms with Gasteiger partial charge in [0.15, 0.2) is 12.7 Å². The van der Waals surface area contributed by atoms with Crippen molar-refractivity contribution in [3.8, 4) is 23.3 Å². The molecule has 1 amide bonds. The molecule has 1 N–H and O–H groups in total. The van der Waals surface area contributed by atoms with Gasteiger partial charge in [-0.05, 0) is 55.5 Å². The second-order valence-corrected chi connectivity index (χ2v) is 6.46. The van der Waals surface area contributed by atoms with Gasteiger partial charge in [0.1, 0.15) is 23.3 Å². The van der Waals surface area contributed by atoms with Crippen LogP contribution in [0.1, 0.15) is 12.5 Å². The predicted octanol–water partition coefficient (Wildman–Crippen LogP) is 4.30. The number of esters is 1. The molecule has 0 aliphatic rings. The number of ether oxygens (including phenoxy) is 3. The summed E-state index contributed by atoms with van der Waals surface area (Å²) in [5, 5.41) is 11.7. The van der Waals surface area contributed by atoms with Crippen LogP contribution in [-0.4, -0.2) is 24.6 Å². The molecule has 3 rings (SSSR count). The molecule has 0 unspecified atom stereocenters. The van der Waals surface area contributed by atoms with E-state index < -0.39 is 24.6 Å². The molecule has 0 spiro atoms. The van der Waals surface area contributed by atoms with Gasteiger partial charge in [0.05, 0.1) is 5.56 Å². The van der Waals surface area contributed by atoms with Gasteiger partial charge in [-0.3, -0.25) is 4.79 Å². The lowest BCUT2D eigenvalue weighted by molar-refractivity contribution is -0.155. The van der Waals surface area contributed by atoms with E-state index in [1.165, 1.54) is 6.92 Å². The summed E-state index contributed by atoms with van der Waals surface area (Å²) in [5.74, 6) is 0.402. The van der Waals surface area contributed by atoms with Crippen molar-refractivity contribution in [1.29, 1.82) is 5.26 Å². The second-order valence-electron chi connectivity index (χ2n) is 6.46. The number of nitrogens with one attached hydrogen (secondary N) is 1.